The zero-order valence-corrected chi connectivity index (χ0v) is 12.3. The van der Waals surface area contributed by atoms with Crippen molar-refractivity contribution < 1.29 is 14.7 Å². The van der Waals surface area contributed by atoms with E-state index in [1.54, 1.807) is 0 Å². The normalized spacial score (nSPS) is 13.8. The summed E-state index contributed by atoms with van der Waals surface area (Å²) in [6, 6.07) is 0. The van der Waals surface area contributed by atoms with Crippen molar-refractivity contribution in [1.82, 2.24) is 10.3 Å². The third-order valence-corrected chi connectivity index (χ3v) is 4.23. The van der Waals surface area contributed by atoms with Crippen molar-refractivity contribution in [2.45, 2.75) is 33.6 Å². The molecular formula is C13H20N2O3S. The summed E-state index contributed by atoms with van der Waals surface area (Å²) in [5, 5.41) is 13.9. The Labute approximate surface area is 117 Å². The number of rotatable bonds is 7. The lowest BCUT2D eigenvalue weighted by Gasteiger charge is -2.17. The van der Waals surface area contributed by atoms with E-state index in [0.717, 1.165) is 11.4 Å². The number of hydrogen-bond donors (Lipinski definition) is 2. The van der Waals surface area contributed by atoms with Crippen LogP contribution in [-0.4, -0.2) is 28.5 Å². The van der Waals surface area contributed by atoms with Crippen LogP contribution in [-0.2, 0) is 11.2 Å². The van der Waals surface area contributed by atoms with Crippen molar-refractivity contribution in [2.75, 3.05) is 6.54 Å². The summed E-state index contributed by atoms with van der Waals surface area (Å²) in [6.45, 7) is 6.54. The second-order valence-corrected chi connectivity index (χ2v) is 5.59. The Balaban J connectivity index is 2.37. The van der Waals surface area contributed by atoms with Crippen LogP contribution in [0.3, 0.4) is 0 Å². The fraction of sp³-hybridized carbons (Fsp3) is 0.615. The molecule has 1 rings (SSSR count). The number of carboxylic acids is 1. The van der Waals surface area contributed by atoms with Gasteiger partial charge < -0.3 is 10.4 Å². The molecule has 6 heteroatoms. The second kappa shape index (κ2) is 7.23. The van der Waals surface area contributed by atoms with E-state index in [9.17, 15) is 9.59 Å². The number of carbonyl (C=O) groups excluding carboxylic acids is 1. The van der Waals surface area contributed by atoms with E-state index in [2.05, 4.69) is 24.1 Å². The largest absolute Gasteiger partial charge is 0.476 e. The Hall–Kier alpha value is -1.43. The zero-order valence-electron chi connectivity index (χ0n) is 11.5. The monoisotopic (exact) mass is 284 g/mol. The van der Waals surface area contributed by atoms with Crippen LogP contribution in [0.1, 0.15) is 42.7 Å². The first-order chi connectivity index (χ1) is 8.95. The third kappa shape index (κ3) is 4.63. The number of aromatic nitrogens is 1. The molecule has 19 heavy (non-hydrogen) atoms. The maximum atomic E-state index is 11.8. The van der Waals surface area contributed by atoms with Crippen molar-refractivity contribution >= 4 is 23.2 Å². The lowest BCUT2D eigenvalue weighted by molar-refractivity contribution is -0.125. The van der Waals surface area contributed by atoms with Crippen molar-refractivity contribution in [3.05, 3.63) is 16.1 Å². The van der Waals surface area contributed by atoms with Crippen molar-refractivity contribution in [3.63, 3.8) is 0 Å². The molecule has 106 valence electrons. The first-order valence-electron chi connectivity index (χ1n) is 6.41. The SMILES string of the molecule is CCC(C)C(C)C(=O)NCCc1nc(C(=O)O)cs1. The quantitative estimate of drug-likeness (QED) is 0.804. The van der Waals surface area contributed by atoms with Gasteiger partial charge in [-0.3, -0.25) is 4.79 Å². The Morgan fingerprint density at radius 3 is 2.68 bits per heavy atom. The molecule has 1 aromatic rings. The van der Waals surface area contributed by atoms with E-state index < -0.39 is 5.97 Å². The van der Waals surface area contributed by atoms with Gasteiger partial charge in [-0.05, 0) is 5.92 Å². The molecule has 1 aromatic heterocycles. The van der Waals surface area contributed by atoms with Gasteiger partial charge in [0.2, 0.25) is 5.91 Å². The molecule has 1 heterocycles. The maximum absolute atomic E-state index is 11.8. The second-order valence-electron chi connectivity index (χ2n) is 4.65. The van der Waals surface area contributed by atoms with E-state index in [0.29, 0.717) is 18.9 Å². The van der Waals surface area contributed by atoms with Crippen molar-refractivity contribution in [3.8, 4) is 0 Å². The van der Waals surface area contributed by atoms with Gasteiger partial charge in [-0.25, -0.2) is 9.78 Å². The van der Waals surface area contributed by atoms with Crippen LogP contribution >= 0.6 is 11.3 Å². The number of carbonyl (C=O) groups is 2. The summed E-state index contributed by atoms with van der Waals surface area (Å²) in [4.78, 5) is 26.5. The van der Waals surface area contributed by atoms with Gasteiger partial charge in [-0.2, -0.15) is 0 Å². The highest BCUT2D eigenvalue weighted by atomic mass is 32.1. The molecule has 0 aliphatic heterocycles. The molecule has 0 bridgehead atoms. The number of nitrogens with zero attached hydrogens (tertiary/aromatic N) is 1. The Kier molecular flexibility index (Phi) is 5.95. The summed E-state index contributed by atoms with van der Waals surface area (Å²) < 4.78 is 0. The van der Waals surface area contributed by atoms with Gasteiger partial charge in [0.1, 0.15) is 0 Å². The summed E-state index contributed by atoms with van der Waals surface area (Å²) >= 11 is 1.31. The summed E-state index contributed by atoms with van der Waals surface area (Å²) in [7, 11) is 0. The minimum absolute atomic E-state index is 0.00382. The highest BCUT2D eigenvalue weighted by molar-refractivity contribution is 7.09. The predicted molar refractivity (Wildman–Crippen MR) is 74.4 cm³/mol. The molecule has 5 nitrogen and oxygen atoms in total. The summed E-state index contributed by atoms with van der Waals surface area (Å²) in [5.74, 6) is -0.615. The Bertz CT molecular complexity index is 445. The Morgan fingerprint density at radius 2 is 2.16 bits per heavy atom. The van der Waals surface area contributed by atoms with Crippen LogP contribution in [0.25, 0.3) is 0 Å². The van der Waals surface area contributed by atoms with Crippen LogP contribution in [0.5, 0.6) is 0 Å². The lowest BCUT2D eigenvalue weighted by Crippen LogP contribution is -2.33. The van der Waals surface area contributed by atoms with Gasteiger partial charge in [0.05, 0.1) is 5.01 Å². The molecule has 0 radical (unpaired) electrons. The standard InChI is InChI=1S/C13H20N2O3S/c1-4-8(2)9(3)12(16)14-6-5-11-15-10(7-19-11)13(17)18/h7-9H,4-6H2,1-3H3,(H,14,16)(H,17,18). The molecule has 1 amide bonds. The van der Waals surface area contributed by atoms with E-state index in [1.165, 1.54) is 16.7 Å². The number of amides is 1. The van der Waals surface area contributed by atoms with Gasteiger partial charge in [0.15, 0.2) is 5.69 Å². The summed E-state index contributed by atoms with van der Waals surface area (Å²) in [6.07, 6.45) is 1.54. The molecule has 2 N–H and O–H groups in total. The highest BCUT2D eigenvalue weighted by Crippen LogP contribution is 2.14. The smallest absolute Gasteiger partial charge is 0.355 e. The van der Waals surface area contributed by atoms with Gasteiger partial charge in [0.25, 0.3) is 0 Å². The fourth-order valence-electron chi connectivity index (χ4n) is 1.59. The average molecular weight is 284 g/mol. The molecule has 0 aromatic carbocycles. The van der Waals surface area contributed by atoms with Crippen LogP contribution in [0.2, 0.25) is 0 Å². The van der Waals surface area contributed by atoms with Crippen molar-refractivity contribution in [1.29, 1.82) is 0 Å². The minimum Gasteiger partial charge on any atom is -0.476 e. The topological polar surface area (TPSA) is 79.3 Å². The molecule has 0 fully saturated rings. The summed E-state index contributed by atoms with van der Waals surface area (Å²) in [5.41, 5.74) is 0.0688. The van der Waals surface area contributed by atoms with Gasteiger partial charge in [0, 0.05) is 24.3 Å². The number of thiazole rings is 1. The van der Waals surface area contributed by atoms with Crippen LogP contribution in [0.4, 0.5) is 0 Å². The molecule has 2 unspecified atom stereocenters. The number of nitrogens with one attached hydrogen (secondary N) is 1. The fourth-order valence-corrected chi connectivity index (χ4v) is 2.36. The van der Waals surface area contributed by atoms with Gasteiger partial charge >= 0.3 is 5.97 Å². The molecule has 0 saturated carbocycles. The molecular weight excluding hydrogens is 264 g/mol. The zero-order chi connectivity index (χ0) is 14.4. The van der Waals surface area contributed by atoms with Crippen LogP contribution < -0.4 is 5.32 Å². The van der Waals surface area contributed by atoms with Crippen LogP contribution in [0.15, 0.2) is 5.38 Å². The van der Waals surface area contributed by atoms with E-state index in [1.807, 2.05) is 6.92 Å². The first kappa shape index (κ1) is 15.6. The lowest BCUT2D eigenvalue weighted by atomic mass is 9.93. The molecule has 0 saturated heterocycles. The maximum Gasteiger partial charge on any atom is 0.355 e. The molecule has 0 spiro atoms. The first-order valence-corrected chi connectivity index (χ1v) is 7.29. The molecule has 0 aliphatic carbocycles. The number of aromatic carboxylic acids is 1. The van der Waals surface area contributed by atoms with E-state index >= 15 is 0 Å². The van der Waals surface area contributed by atoms with Crippen molar-refractivity contribution in [2.24, 2.45) is 11.8 Å². The predicted octanol–water partition coefficient (Wildman–Crippen LogP) is 2.18. The Morgan fingerprint density at radius 1 is 1.47 bits per heavy atom. The number of hydrogen-bond acceptors (Lipinski definition) is 4. The molecule has 2 atom stereocenters. The van der Waals surface area contributed by atoms with Crippen LogP contribution in [0, 0.1) is 11.8 Å². The van der Waals surface area contributed by atoms with Gasteiger partial charge in [-0.15, -0.1) is 11.3 Å². The number of carboxylic acid groups (broad SMARTS) is 1. The third-order valence-electron chi connectivity index (χ3n) is 3.32. The average Bonchev–Trinajstić information content (AvgIpc) is 2.85. The van der Waals surface area contributed by atoms with Gasteiger partial charge in [-0.1, -0.05) is 27.2 Å². The molecule has 0 aliphatic rings. The van der Waals surface area contributed by atoms with E-state index in [-0.39, 0.29) is 17.5 Å². The van der Waals surface area contributed by atoms with E-state index in [4.69, 9.17) is 5.11 Å². The highest BCUT2D eigenvalue weighted by Gasteiger charge is 2.18. The minimum atomic E-state index is -1.02.